The Labute approximate surface area is 407 Å². The van der Waals surface area contributed by atoms with Crippen LogP contribution in [-0.2, 0) is 50.3 Å². The number of likely N-dealkylation sites (N-methyl/N-ethyl adjacent to an activating group) is 1. The second-order valence-electron chi connectivity index (χ2n) is 18.3. The third kappa shape index (κ3) is 32.4. The molecule has 0 spiro atoms. The highest BCUT2D eigenvalue weighted by atomic mass is 32.2. The standard InChI is InChI=1S/C51H87N2O12PS/c1-8-10-11-12-13-14-15-16-17-21-24-27-33-48(45(54)31-29-34-49(55)56)67-40-44(52)51(58)64-43(39-63-66(59,60)62-37-36-53(5,6)7)38-61-50(57)35-28-25-22-19-18-20-23-26-32-47-42(4)41(3)46(65-47)30-9-2/h13-14,16-17,21,24,27,33,43-45,48,54H,8-12,15,18-20,22-23,25-26,28-32,34-40,52H2,1-7H3,(H-,55,56,59,60)/p+1/b14-13-,17-16-,24-21+,33-27+/t43-,44+,45+,48-/m1/s1. The fraction of sp³-hybridized carbons (Fsp3) is 0.706. The van der Waals surface area contributed by atoms with Crippen molar-refractivity contribution in [3.8, 4) is 0 Å². The van der Waals surface area contributed by atoms with Crippen LogP contribution in [-0.4, -0.2) is 114 Å². The second-order valence-corrected chi connectivity index (χ2v) is 21.0. The maximum Gasteiger partial charge on any atom is 0.472 e. The van der Waals surface area contributed by atoms with E-state index in [-0.39, 0.29) is 38.0 Å². The second kappa shape index (κ2) is 36.9. The number of allylic oxidation sites excluding steroid dienone is 7. The molecule has 0 fully saturated rings. The van der Waals surface area contributed by atoms with Crippen molar-refractivity contribution in [2.75, 3.05) is 53.3 Å². The highest BCUT2D eigenvalue weighted by Gasteiger charge is 2.29. The molecule has 1 aromatic heterocycles. The molecule has 0 aliphatic rings. The van der Waals surface area contributed by atoms with E-state index >= 15 is 0 Å². The van der Waals surface area contributed by atoms with Crippen LogP contribution >= 0.6 is 19.6 Å². The summed E-state index contributed by atoms with van der Waals surface area (Å²) in [5, 5.41) is 19.5. The maximum absolute atomic E-state index is 13.3. The van der Waals surface area contributed by atoms with Gasteiger partial charge in [-0.3, -0.25) is 23.4 Å². The number of carbonyl (C=O) groups is 3. The Hall–Kier alpha value is -3.01. The van der Waals surface area contributed by atoms with Gasteiger partial charge < -0.3 is 39.2 Å². The van der Waals surface area contributed by atoms with Gasteiger partial charge in [-0.2, -0.15) is 0 Å². The highest BCUT2D eigenvalue weighted by Crippen LogP contribution is 2.43. The van der Waals surface area contributed by atoms with E-state index < -0.39 is 62.4 Å². The Kier molecular flexibility index (Phi) is 34.2. The largest absolute Gasteiger partial charge is 0.481 e. The highest BCUT2D eigenvalue weighted by molar-refractivity contribution is 8.00. The first-order chi connectivity index (χ1) is 31.9. The van der Waals surface area contributed by atoms with Gasteiger partial charge in [-0.15, -0.1) is 11.8 Å². The molecule has 1 unspecified atom stereocenters. The van der Waals surface area contributed by atoms with Gasteiger partial charge in [0.2, 0.25) is 0 Å². The number of carbonyl (C=O) groups excluding carboxylic acids is 2. The number of thioether (sulfide) groups is 1. The molecule has 0 radical (unpaired) electrons. The monoisotopic (exact) mass is 984 g/mol. The van der Waals surface area contributed by atoms with Crippen LogP contribution < -0.4 is 5.73 Å². The number of hydrogen-bond acceptors (Lipinski definition) is 12. The zero-order valence-corrected chi connectivity index (χ0v) is 43.7. The lowest BCUT2D eigenvalue weighted by Gasteiger charge is -2.25. The lowest BCUT2D eigenvalue weighted by Crippen LogP contribution is -2.40. The number of rotatable bonds is 41. The lowest BCUT2D eigenvalue weighted by atomic mass is 10.0. The summed E-state index contributed by atoms with van der Waals surface area (Å²) in [6, 6.07) is -1.19. The molecule has 0 aromatic carbocycles. The number of carboxylic acids is 1. The average Bonchev–Trinajstić information content (AvgIpc) is 3.53. The number of phosphoric ester groups is 1. The van der Waals surface area contributed by atoms with Crippen molar-refractivity contribution >= 4 is 37.5 Å². The molecule has 0 saturated carbocycles. The molecule has 0 aliphatic carbocycles. The van der Waals surface area contributed by atoms with Crippen molar-refractivity contribution in [3.05, 3.63) is 71.3 Å². The number of esters is 2. The van der Waals surface area contributed by atoms with Crippen molar-refractivity contribution in [2.24, 2.45) is 5.73 Å². The first kappa shape index (κ1) is 62.0. The van der Waals surface area contributed by atoms with Crippen LogP contribution in [0.4, 0.5) is 0 Å². The maximum atomic E-state index is 13.3. The minimum absolute atomic E-state index is 0.0162. The number of ether oxygens (including phenoxy) is 2. The van der Waals surface area contributed by atoms with Gasteiger partial charge in [0.05, 0.1) is 33.9 Å². The number of aliphatic hydroxyl groups excluding tert-OH is 1. The van der Waals surface area contributed by atoms with Crippen LogP contribution in [0.25, 0.3) is 0 Å². The number of aliphatic hydroxyl groups is 1. The van der Waals surface area contributed by atoms with E-state index in [1.807, 2.05) is 45.4 Å². The van der Waals surface area contributed by atoms with Crippen LogP contribution in [0.15, 0.2) is 53.0 Å². The van der Waals surface area contributed by atoms with Crippen molar-refractivity contribution in [1.82, 2.24) is 0 Å². The summed E-state index contributed by atoms with van der Waals surface area (Å²) in [6.45, 7) is 7.99. The zero-order valence-electron chi connectivity index (χ0n) is 42.0. The molecule has 1 rings (SSSR count). The van der Waals surface area contributed by atoms with Gasteiger partial charge in [0, 0.05) is 36.7 Å². The Morgan fingerprint density at radius 3 is 2.10 bits per heavy atom. The number of furan rings is 1. The van der Waals surface area contributed by atoms with E-state index in [0.29, 0.717) is 17.4 Å². The molecule has 0 saturated heterocycles. The minimum atomic E-state index is -4.55. The molecule has 5 atom stereocenters. The smallest absolute Gasteiger partial charge is 0.472 e. The Morgan fingerprint density at radius 2 is 1.45 bits per heavy atom. The third-order valence-corrected chi connectivity index (χ3v) is 13.4. The first-order valence-electron chi connectivity index (χ1n) is 24.7. The molecule has 5 N–H and O–H groups in total. The first-order valence-corrected chi connectivity index (χ1v) is 27.2. The van der Waals surface area contributed by atoms with E-state index in [1.165, 1.54) is 42.2 Å². The molecule has 1 heterocycles. The van der Waals surface area contributed by atoms with Gasteiger partial charge in [0.25, 0.3) is 0 Å². The Bertz CT molecular complexity index is 1690. The van der Waals surface area contributed by atoms with Crippen LogP contribution in [0.3, 0.4) is 0 Å². The van der Waals surface area contributed by atoms with Crippen LogP contribution in [0.2, 0.25) is 0 Å². The molecule has 1 aromatic rings. The van der Waals surface area contributed by atoms with E-state index in [4.69, 9.17) is 33.8 Å². The number of nitrogens with zero attached hydrogens (tertiary/aromatic N) is 1. The molecule has 67 heavy (non-hydrogen) atoms. The van der Waals surface area contributed by atoms with Gasteiger partial charge in [-0.25, -0.2) is 4.57 Å². The Morgan fingerprint density at radius 1 is 0.791 bits per heavy atom. The molecular weight excluding hydrogens is 896 g/mol. The summed E-state index contributed by atoms with van der Waals surface area (Å²) in [5.74, 6) is -0.0573. The fourth-order valence-corrected chi connectivity index (χ4v) is 8.65. The summed E-state index contributed by atoms with van der Waals surface area (Å²) in [5.41, 5.74) is 8.84. The number of hydrogen-bond donors (Lipinski definition) is 4. The van der Waals surface area contributed by atoms with Crippen molar-refractivity contribution in [3.63, 3.8) is 0 Å². The van der Waals surface area contributed by atoms with Crippen molar-refractivity contribution in [1.29, 1.82) is 0 Å². The average molecular weight is 984 g/mol. The minimum Gasteiger partial charge on any atom is -0.481 e. The SMILES string of the molecule is CCCCC/C=C\C\C=C/C=C/C=C/[C@@H](SC[C@H](N)C(=O)O[C@H](COC(=O)CCCCCCCCCCc1oc(CCC)c(C)c1C)COP(=O)(O)OCC[N+](C)(C)C)[C@@H](O)CCCC(=O)O. The topological polar surface area (TPSA) is 205 Å². The van der Waals surface area contributed by atoms with Gasteiger partial charge in [0.15, 0.2) is 6.10 Å². The third-order valence-electron chi connectivity index (χ3n) is 11.0. The van der Waals surface area contributed by atoms with E-state index in [2.05, 4.69) is 39.8 Å². The van der Waals surface area contributed by atoms with E-state index in [0.717, 1.165) is 88.6 Å². The quantitative estimate of drug-likeness (QED) is 0.0120. The summed E-state index contributed by atoms with van der Waals surface area (Å²) in [6.07, 6.45) is 30.6. The summed E-state index contributed by atoms with van der Waals surface area (Å²) >= 11 is 1.21. The predicted molar refractivity (Wildman–Crippen MR) is 270 cm³/mol. The van der Waals surface area contributed by atoms with E-state index in [1.54, 1.807) is 12.2 Å². The zero-order chi connectivity index (χ0) is 49.9. The molecular formula is C51H88N2O12PS+. The van der Waals surface area contributed by atoms with Gasteiger partial charge in [-0.05, 0) is 76.3 Å². The van der Waals surface area contributed by atoms with E-state index in [9.17, 15) is 28.9 Å². The number of quaternary nitrogens is 1. The van der Waals surface area contributed by atoms with Crippen molar-refractivity contribution < 1.29 is 61.5 Å². The number of aliphatic carboxylic acids is 1. The van der Waals surface area contributed by atoms with Crippen LogP contribution in [0.5, 0.6) is 0 Å². The van der Waals surface area contributed by atoms with Gasteiger partial charge in [-0.1, -0.05) is 114 Å². The predicted octanol–water partition coefficient (Wildman–Crippen LogP) is 10.4. The number of unbranched alkanes of at least 4 members (excludes halogenated alkanes) is 10. The van der Waals surface area contributed by atoms with Crippen LogP contribution in [0, 0.1) is 13.8 Å². The molecule has 0 aliphatic heterocycles. The van der Waals surface area contributed by atoms with Gasteiger partial charge in [0.1, 0.15) is 37.3 Å². The van der Waals surface area contributed by atoms with Crippen molar-refractivity contribution in [2.45, 2.75) is 180 Å². The lowest BCUT2D eigenvalue weighted by molar-refractivity contribution is -0.870. The molecule has 14 nitrogen and oxygen atoms in total. The number of carboxylic acid groups (broad SMARTS) is 1. The number of aryl methyl sites for hydroxylation is 2. The fourth-order valence-electron chi connectivity index (χ4n) is 6.78. The molecule has 0 amide bonds. The van der Waals surface area contributed by atoms with Gasteiger partial charge >= 0.3 is 25.7 Å². The summed E-state index contributed by atoms with van der Waals surface area (Å²) in [4.78, 5) is 47.5. The normalized spacial score (nSPS) is 15.1. The van der Waals surface area contributed by atoms with Crippen LogP contribution in [0.1, 0.15) is 152 Å². The summed E-state index contributed by atoms with van der Waals surface area (Å²) in [7, 11) is 1.15. The molecule has 384 valence electrons. The molecule has 0 bridgehead atoms. The summed E-state index contributed by atoms with van der Waals surface area (Å²) < 4.78 is 40.6. The Balaban J connectivity index is 2.74. The number of phosphoric acid groups is 1. The number of nitrogens with two attached hydrogens (primary N) is 1. The molecule has 16 heteroatoms.